The Kier molecular flexibility index (Phi) is 5.47. The maximum Gasteiger partial charge on any atom is 0.328 e. The third kappa shape index (κ3) is 4.35. The Hall–Kier alpha value is -1.27. The first kappa shape index (κ1) is 16.1. The van der Waals surface area contributed by atoms with E-state index in [1.165, 1.54) is 30.3 Å². The van der Waals surface area contributed by atoms with Crippen molar-refractivity contribution in [1.29, 1.82) is 0 Å². The molecule has 1 aromatic heterocycles. The molecular formula is C15H19NO3S2. The molecular weight excluding hydrogens is 306 g/mol. The Bertz CT molecular complexity index is 545. The number of carboxylic acid groups (broad SMARTS) is 1. The van der Waals surface area contributed by atoms with E-state index >= 15 is 0 Å². The lowest BCUT2D eigenvalue weighted by Gasteiger charge is -2.26. The van der Waals surface area contributed by atoms with Crippen LogP contribution in [0.2, 0.25) is 0 Å². The van der Waals surface area contributed by atoms with Crippen LogP contribution in [0.5, 0.6) is 0 Å². The molecule has 0 atom stereocenters. The molecule has 0 bridgehead atoms. The maximum atomic E-state index is 12.2. The molecule has 4 nitrogen and oxygen atoms in total. The largest absolute Gasteiger partial charge is 0.478 e. The standard InChI is InChI=1S/C15H19NO3S2/c1-20-15(8-2-3-9-15)10-16-14(19)12-6-4-11(21-12)5-7-13(17)18/h4-7H,2-3,8-10H2,1H3,(H,16,19)(H,17,18)/b7-5+. The highest BCUT2D eigenvalue weighted by Gasteiger charge is 2.33. The van der Waals surface area contributed by atoms with E-state index in [9.17, 15) is 9.59 Å². The third-order valence-electron chi connectivity index (χ3n) is 3.76. The Morgan fingerprint density at radius 1 is 1.43 bits per heavy atom. The summed E-state index contributed by atoms with van der Waals surface area (Å²) in [7, 11) is 0. The van der Waals surface area contributed by atoms with Crippen LogP contribution in [0.1, 0.15) is 40.2 Å². The monoisotopic (exact) mass is 325 g/mol. The first-order valence-electron chi connectivity index (χ1n) is 6.89. The Labute approximate surface area is 132 Å². The maximum absolute atomic E-state index is 12.2. The van der Waals surface area contributed by atoms with Gasteiger partial charge in [0.05, 0.1) is 4.88 Å². The van der Waals surface area contributed by atoms with Gasteiger partial charge in [0, 0.05) is 22.2 Å². The average molecular weight is 325 g/mol. The zero-order valence-corrected chi connectivity index (χ0v) is 13.6. The zero-order valence-electron chi connectivity index (χ0n) is 11.9. The van der Waals surface area contributed by atoms with Gasteiger partial charge < -0.3 is 10.4 Å². The molecule has 0 saturated heterocycles. The van der Waals surface area contributed by atoms with Crippen LogP contribution < -0.4 is 5.32 Å². The van der Waals surface area contributed by atoms with E-state index in [0.717, 1.165) is 23.8 Å². The quantitative estimate of drug-likeness (QED) is 0.788. The zero-order chi connectivity index (χ0) is 15.3. The van der Waals surface area contributed by atoms with Gasteiger partial charge in [-0.05, 0) is 37.3 Å². The van der Waals surface area contributed by atoms with Crippen molar-refractivity contribution in [3.05, 3.63) is 28.0 Å². The van der Waals surface area contributed by atoms with Crippen LogP contribution >= 0.6 is 23.1 Å². The summed E-state index contributed by atoms with van der Waals surface area (Å²) in [6.45, 7) is 0.700. The number of carboxylic acids is 1. The number of carbonyl (C=O) groups is 2. The lowest BCUT2D eigenvalue weighted by Crippen LogP contribution is -2.38. The van der Waals surface area contributed by atoms with Gasteiger partial charge in [0.1, 0.15) is 0 Å². The van der Waals surface area contributed by atoms with Crippen molar-refractivity contribution in [2.75, 3.05) is 12.8 Å². The minimum atomic E-state index is -0.988. The van der Waals surface area contributed by atoms with Gasteiger partial charge in [-0.1, -0.05) is 12.8 Å². The van der Waals surface area contributed by atoms with Crippen molar-refractivity contribution in [3.8, 4) is 0 Å². The highest BCUT2D eigenvalue weighted by molar-refractivity contribution is 8.00. The number of thiophene rings is 1. The number of thioether (sulfide) groups is 1. The lowest BCUT2D eigenvalue weighted by molar-refractivity contribution is -0.131. The van der Waals surface area contributed by atoms with Gasteiger partial charge in [0.15, 0.2) is 0 Å². The minimum Gasteiger partial charge on any atom is -0.478 e. The smallest absolute Gasteiger partial charge is 0.328 e. The summed E-state index contributed by atoms with van der Waals surface area (Å²) >= 11 is 3.15. The number of rotatable bonds is 6. The fourth-order valence-electron chi connectivity index (χ4n) is 2.52. The second kappa shape index (κ2) is 7.13. The van der Waals surface area contributed by atoms with Gasteiger partial charge in [-0.25, -0.2) is 4.79 Å². The molecule has 0 unspecified atom stereocenters. The van der Waals surface area contributed by atoms with Gasteiger partial charge in [-0.2, -0.15) is 11.8 Å². The molecule has 1 aromatic rings. The molecule has 1 saturated carbocycles. The fraction of sp³-hybridized carbons (Fsp3) is 0.467. The van der Waals surface area contributed by atoms with Crippen molar-refractivity contribution < 1.29 is 14.7 Å². The highest BCUT2D eigenvalue weighted by atomic mass is 32.2. The van der Waals surface area contributed by atoms with Crippen molar-refractivity contribution in [2.45, 2.75) is 30.4 Å². The van der Waals surface area contributed by atoms with Crippen LogP contribution in [0.15, 0.2) is 18.2 Å². The summed E-state index contributed by atoms with van der Waals surface area (Å²) in [5.41, 5.74) is 0. The molecule has 1 aliphatic carbocycles. The summed E-state index contributed by atoms with van der Waals surface area (Å²) in [6.07, 6.45) is 9.48. The number of hydrogen-bond acceptors (Lipinski definition) is 4. The molecule has 0 aromatic carbocycles. The van der Waals surface area contributed by atoms with Gasteiger partial charge in [-0.3, -0.25) is 4.79 Å². The van der Waals surface area contributed by atoms with Crippen LogP contribution in [-0.4, -0.2) is 34.5 Å². The van der Waals surface area contributed by atoms with E-state index in [0.29, 0.717) is 11.4 Å². The van der Waals surface area contributed by atoms with Gasteiger partial charge in [0.2, 0.25) is 0 Å². The van der Waals surface area contributed by atoms with Crippen LogP contribution in [-0.2, 0) is 4.79 Å². The lowest BCUT2D eigenvalue weighted by atomic mass is 10.1. The molecule has 0 radical (unpaired) electrons. The van der Waals surface area contributed by atoms with Crippen LogP contribution in [0.4, 0.5) is 0 Å². The number of aliphatic carboxylic acids is 1. The Balaban J connectivity index is 1.93. The first-order chi connectivity index (χ1) is 10.0. The summed E-state index contributed by atoms with van der Waals surface area (Å²) in [5.74, 6) is -1.06. The molecule has 6 heteroatoms. The van der Waals surface area contributed by atoms with E-state index in [1.807, 2.05) is 11.8 Å². The van der Waals surface area contributed by atoms with E-state index < -0.39 is 5.97 Å². The van der Waals surface area contributed by atoms with E-state index in [1.54, 1.807) is 12.1 Å². The van der Waals surface area contributed by atoms with Gasteiger partial charge in [-0.15, -0.1) is 11.3 Å². The van der Waals surface area contributed by atoms with Gasteiger partial charge >= 0.3 is 5.97 Å². The second-order valence-electron chi connectivity index (χ2n) is 5.15. The van der Waals surface area contributed by atoms with Crippen molar-refractivity contribution in [2.24, 2.45) is 0 Å². The number of amides is 1. The fourth-order valence-corrected chi connectivity index (χ4v) is 4.26. The van der Waals surface area contributed by atoms with Crippen LogP contribution in [0.25, 0.3) is 6.08 Å². The van der Waals surface area contributed by atoms with E-state index in [2.05, 4.69) is 11.6 Å². The highest BCUT2D eigenvalue weighted by Crippen LogP contribution is 2.39. The van der Waals surface area contributed by atoms with Crippen LogP contribution in [0, 0.1) is 0 Å². The minimum absolute atomic E-state index is 0.0738. The number of nitrogens with one attached hydrogen (secondary N) is 1. The molecule has 2 rings (SSSR count). The number of hydrogen-bond donors (Lipinski definition) is 2. The van der Waals surface area contributed by atoms with Gasteiger partial charge in [0.25, 0.3) is 5.91 Å². The number of carbonyl (C=O) groups excluding carboxylic acids is 1. The molecule has 0 aliphatic heterocycles. The molecule has 114 valence electrons. The second-order valence-corrected chi connectivity index (χ2v) is 7.54. The SMILES string of the molecule is CSC1(CNC(=O)c2ccc(/C=C/C(=O)O)s2)CCCC1. The molecule has 2 N–H and O–H groups in total. The Morgan fingerprint density at radius 3 is 2.76 bits per heavy atom. The van der Waals surface area contributed by atoms with E-state index in [4.69, 9.17) is 5.11 Å². The molecule has 1 amide bonds. The molecule has 0 spiro atoms. The van der Waals surface area contributed by atoms with E-state index in [-0.39, 0.29) is 10.7 Å². The predicted octanol–water partition coefficient (Wildman–Crippen LogP) is 3.25. The first-order valence-corrected chi connectivity index (χ1v) is 8.93. The summed E-state index contributed by atoms with van der Waals surface area (Å²) in [4.78, 5) is 24.0. The van der Waals surface area contributed by atoms with Crippen molar-refractivity contribution >= 4 is 41.1 Å². The van der Waals surface area contributed by atoms with Crippen molar-refractivity contribution in [1.82, 2.24) is 5.32 Å². The third-order valence-corrected chi connectivity index (χ3v) is 6.23. The molecule has 1 aliphatic rings. The summed E-state index contributed by atoms with van der Waals surface area (Å²) in [5, 5.41) is 11.6. The van der Waals surface area contributed by atoms with Crippen LogP contribution in [0.3, 0.4) is 0 Å². The average Bonchev–Trinajstić information content (AvgIpc) is 3.12. The molecule has 21 heavy (non-hydrogen) atoms. The molecule has 1 fully saturated rings. The normalized spacial score (nSPS) is 17.2. The Morgan fingerprint density at radius 2 is 2.14 bits per heavy atom. The molecule has 1 heterocycles. The topological polar surface area (TPSA) is 66.4 Å². The van der Waals surface area contributed by atoms with Crippen molar-refractivity contribution in [3.63, 3.8) is 0 Å². The summed E-state index contributed by atoms with van der Waals surface area (Å²) in [6, 6.07) is 3.50. The summed E-state index contributed by atoms with van der Waals surface area (Å²) < 4.78 is 0.193. The predicted molar refractivity (Wildman–Crippen MR) is 88.0 cm³/mol.